The Morgan fingerprint density at radius 1 is 0.429 bits per heavy atom. The van der Waals surface area contributed by atoms with Crippen molar-refractivity contribution >= 4 is 0 Å². The van der Waals surface area contributed by atoms with Gasteiger partial charge in [-0.25, -0.2) is 0 Å². The van der Waals surface area contributed by atoms with Crippen LogP contribution >= 0.6 is 0 Å². The summed E-state index contributed by atoms with van der Waals surface area (Å²) in [5, 5.41) is 0. The Labute approximate surface area is 88.5 Å². The van der Waals surface area contributed by atoms with E-state index in [4.69, 9.17) is 0 Å². The molecule has 3 unspecified atom stereocenters. The highest BCUT2D eigenvalue weighted by Gasteiger charge is 2.41. The van der Waals surface area contributed by atoms with Crippen LogP contribution in [0.2, 0.25) is 0 Å². The van der Waals surface area contributed by atoms with Crippen molar-refractivity contribution < 1.29 is 0 Å². The van der Waals surface area contributed by atoms with E-state index in [0.717, 1.165) is 11.8 Å². The molecule has 14 heavy (non-hydrogen) atoms. The predicted octanol–water partition coefficient (Wildman–Crippen LogP) is 4.39. The topological polar surface area (TPSA) is 0 Å². The molecule has 3 aliphatic rings. The lowest BCUT2D eigenvalue weighted by Gasteiger charge is -2.32. The summed E-state index contributed by atoms with van der Waals surface area (Å²) in [4.78, 5) is 0. The molecular weight excluding hydrogens is 168 g/mol. The van der Waals surface area contributed by atoms with Crippen molar-refractivity contribution in [2.75, 3.05) is 0 Å². The first kappa shape index (κ1) is 9.24. The molecule has 80 valence electrons. The Bertz CT molecular complexity index is 190. The third kappa shape index (κ3) is 1.51. The molecule has 3 aliphatic carbocycles. The van der Waals surface area contributed by atoms with Gasteiger partial charge >= 0.3 is 0 Å². The normalized spacial score (nSPS) is 44.1. The average molecular weight is 192 g/mol. The second-order valence-corrected chi connectivity index (χ2v) is 5.99. The maximum atomic E-state index is 1.60. The highest BCUT2D eigenvalue weighted by atomic mass is 14.5. The number of rotatable bonds is 1. The van der Waals surface area contributed by atoms with E-state index in [1.165, 1.54) is 11.8 Å². The van der Waals surface area contributed by atoms with Crippen LogP contribution in [-0.2, 0) is 0 Å². The molecule has 0 spiro atoms. The van der Waals surface area contributed by atoms with Crippen molar-refractivity contribution in [1.29, 1.82) is 0 Å². The van der Waals surface area contributed by atoms with E-state index in [9.17, 15) is 0 Å². The van der Waals surface area contributed by atoms with Crippen molar-refractivity contribution in [2.45, 2.75) is 64.2 Å². The van der Waals surface area contributed by atoms with Gasteiger partial charge in [-0.05, 0) is 42.9 Å². The van der Waals surface area contributed by atoms with Crippen LogP contribution in [0, 0.1) is 23.7 Å². The van der Waals surface area contributed by atoms with Gasteiger partial charge in [0.1, 0.15) is 0 Å². The van der Waals surface area contributed by atoms with Gasteiger partial charge in [-0.15, -0.1) is 0 Å². The van der Waals surface area contributed by atoms with Gasteiger partial charge in [-0.2, -0.15) is 0 Å². The van der Waals surface area contributed by atoms with Crippen LogP contribution in [0.25, 0.3) is 0 Å². The molecule has 3 rings (SSSR count). The summed E-state index contributed by atoms with van der Waals surface area (Å²) in [6.07, 6.45) is 15.7. The van der Waals surface area contributed by atoms with E-state index in [0.29, 0.717) is 0 Å². The standard InChI is InChI=1S/C14H24/c1-2-6-11(5-1)14-10-9-12-7-3-4-8-13(12)14/h11-14H,1-10H2. The molecule has 3 saturated carbocycles. The Morgan fingerprint density at radius 2 is 0.929 bits per heavy atom. The highest BCUT2D eigenvalue weighted by Crippen LogP contribution is 2.51. The van der Waals surface area contributed by atoms with E-state index in [2.05, 4.69) is 0 Å². The molecule has 0 aromatic carbocycles. The molecule has 0 N–H and O–H groups in total. The van der Waals surface area contributed by atoms with Crippen LogP contribution in [0.15, 0.2) is 0 Å². The Morgan fingerprint density at radius 3 is 1.64 bits per heavy atom. The Hall–Kier alpha value is 0. The fourth-order valence-corrected chi connectivity index (χ4v) is 4.75. The average Bonchev–Trinajstić information content (AvgIpc) is 2.85. The molecule has 0 bridgehead atoms. The number of hydrogen-bond acceptors (Lipinski definition) is 0. The van der Waals surface area contributed by atoms with Gasteiger partial charge in [0.25, 0.3) is 0 Å². The minimum atomic E-state index is 1.16. The first-order chi connectivity index (χ1) is 6.95. The van der Waals surface area contributed by atoms with Crippen LogP contribution in [0.5, 0.6) is 0 Å². The second-order valence-electron chi connectivity index (χ2n) is 5.99. The van der Waals surface area contributed by atoms with Gasteiger partial charge in [0, 0.05) is 0 Å². The SMILES string of the molecule is C1CCC2C(C1)CCC2C1CCCC1. The van der Waals surface area contributed by atoms with Crippen molar-refractivity contribution in [1.82, 2.24) is 0 Å². The summed E-state index contributed by atoms with van der Waals surface area (Å²) in [7, 11) is 0. The van der Waals surface area contributed by atoms with Gasteiger partial charge in [0.15, 0.2) is 0 Å². The molecule has 0 heteroatoms. The highest BCUT2D eigenvalue weighted by molar-refractivity contribution is 4.91. The van der Waals surface area contributed by atoms with Crippen LogP contribution < -0.4 is 0 Å². The van der Waals surface area contributed by atoms with Crippen molar-refractivity contribution in [3.05, 3.63) is 0 Å². The van der Waals surface area contributed by atoms with Gasteiger partial charge in [-0.1, -0.05) is 44.9 Å². The lowest BCUT2D eigenvalue weighted by molar-refractivity contribution is 0.180. The van der Waals surface area contributed by atoms with Crippen molar-refractivity contribution in [3.8, 4) is 0 Å². The summed E-state index contributed by atoms with van der Waals surface area (Å²) < 4.78 is 0. The number of hydrogen-bond donors (Lipinski definition) is 0. The monoisotopic (exact) mass is 192 g/mol. The van der Waals surface area contributed by atoms with Gasteiger partial charge in [-0.3, -0.25) is 0 Å². The summed E-state index contributed by atoms with van der Waals surface area (Å²) >= 11 is 0. The van der Waals surface area contributed by atoms with Crippen molar-refractivity contribution in [2.24, 2.45) is 23.7 Å². The molecule has 3 atom stereocenters. The minimum absolute atomic E-state index is 1.16. The molecule has 0 heterocycles. The molecule has 0 aromatic rings. The molecule has 3 fully saturated rings. The van der Waals surface area contributed by atoms with E-state index >= 15 is 0 Å². The smallest absolute Gasteiger partial charge is 0.0355 e. The maximum Gasteiger partial charge on any atom is -0.0355 e. The van der Waals surface area contributed by atoms with Crippen LogP contribution in [0.3, 0.4) is 0 Å². The zero-order chi connectivity index (χ0) is 9.38. The Kier molecular flexibility index (Phi) is 2.55. The summed E-state index contributed by atoms with van der Waals surface area (Å²) in [6.45, 7) is 0. The molecule has 0 radical (unpaired) electrons. The molecule has 0 amide bonds. The van der Waals surface area contributed by atoms with Gasteiger partial charge in [0.2, 0.25) is 0 Å². The quantitative estimate of drug-likeness (QED) is 0.578. The summed E-state index contributed by atoms with van der Waals surface area (Å²) in [6, 6.07) is 0. The van der Waals surface area contributed by atoms with Gasteiger partial charge in [0.05, 0.1) is 0 Å². The fourth-order valence-electron chi connectivity index (χ4n) is 4.75. The lowest BCUT2D eigenvalue weighted by atomic mass is 9.73. The number of fused-ring (bicyclic) bond motifs is 1. The first-order valence-electron chi connectivity index (χ1n) is 6.95. The van der Waals surface area contributed by atoms with Crippen molar-refractivity contribution in [3.63, 3.8) is 0 Å². The van der Waals surface area contributed by atoms with E-state index < -0.39 is 0 Å². The maximum absolute atomic E-state index is 1.60. The van der Waals surface area contributed by atoms with Crippen LogP contribution in [0.1, 0.15) is 64.2 Å². The van der Waals surface area contributed by atoms with E-state index in [1.54, 1.807) is 64.2 Å². The summed E-state index contributed by atoms with van der Waals surface area (Å²) in [5.74, 6) is 4.66. The zero-order valence-corrected chi connectivity index (χ0v) is 9.38. The predicted molar refractivity (Wildman–Crippen MR) is 60.1 cm³/mol. The first-order valence-corrected chi connectivity index (χ1v) is 6.95. The molecule has 0 aromatic heterocycles. The van der Waals surface area contributed by atoms with E-state index in [-0.39, 0.29) is 0 Å². The lowest BCUT2D eigenvalue weighted by Crippen LogP contribution is -2.23. The van der Waals surface area contributed by atoms with Gasteiger partial charge < -0.3 is 0 Å². The Balaban J connectivity index is 1.68. The molecule has 0 nitrogen and oxygen atoms in total. The fraction of sp³-hybridized carbons (Fsp3) is 1.00. The third-order valence-electron chi connectivity index (χ3n) is 5.39. The molecule has 0 aliphatic heterocycles. The molecule has 0 saturated heterocycles. The minimum Gasteiger partial charge on any atom is -0.0530 e. The van der Waals surface area contributed by atoms with Crippen LogP contribution in [-0.4, -0.2) is 0 Å². The summed E-state index contributed by atoms with van der Waals surface area (Å²) in [5.41, 5.74) is 0. The second kappa shape index (κ2) is 3.87. The third-order valence-corrected chi connectivity index (χ3v) is 5.39. The zero-order valence-electron chi connectivity index (χ0n) is 9.38. The van der Waals surface area contributed by atoms with Crippen LogP contribution in [0.4, 0.5) is 0 Å². The largest absolute Gasteiger partial charge is 0.0530 e. The van der Waals surface area contributed by atoms with E-state index in [1.807, 2.05) is 0 Å². The molecular formula is C14H24.